The van der Waals surface area contributed by atoms with Crippen LogP contribution in [0.15, 0.2) is 42.9 Å². The van der Waals surface area contributed by atoms with Crippen LogP contribution < -0.4 is 10.1 Å². The fourth-order valence-electron chi connectivity index (χ4n) is 1.88. The summed E-state index contributed by atoms with van der Waals surface area (Å²) in [6.45, 7) is 0. The molecule has 5 nitrogen and oxygen atoms in total. The van der Waals surface area contributed by atoms with Gasteiger partial charge in [-0.15, -0.1) is 0 Å². The van der Waals surface area contributed by atoms with Gasteiger partial charge in [-0.25, -0.2) is 15.0 Å². The number of anilines is 2. The summed E-state index contributed by atoms with van der Waals surface area (Å²) in [5.74, 6) is 1.32. The van der Waals surface area contributed by atoms with Crippen LogP contribution in [0.5, 0.6) is 5.75 Å². The zero-order chi connectivity index (χ0) is 13.9. The second kappa shape index (κ2) is 5.30. The van der Waals surface area contributed by atoms with E-state index in [4.69, 9.17) is 16.3 Å². The summed E-state index contributed by atoms with van der Waals surface area (Å²) in [6.07, 6.45) is 3.17. The van der Waals surface area contributed by atoms with E-state index in [1.165, 1.54) is 6.33 Å². The maximum Gasteiger partial charge on any atom is 0.164 e. The van der Waals surface area contributed by atoms with Crippen molar-refractivity contribution in [1.82, 2.24) is 15.0 Å². The predicted molar refractivity (Wildman–Crippen MR) is 78.6 cm³/mol. The molecule has 1 aromatic carbocycles. The Balaban J connectivity index is 1.99. The second-order valence-electron chi connectivity index (χ2n) is 4.07. The number of nitrogens with one attached hydrogen (secondary N) is 1. The molecule has 100 valence electrons. The Morgan fingerprint density at radius 3 is 2.85 bits per heavy atom. The highest BCUT2D eigenvalue weighted by Crippen LogP contribution is 2.29. The number of aromatic nitrogens is 3. The van der Waals surface area contributed by atoms with Crippen LogP contribution in [0.1, 0.15) is 0 Å². The number of pyridine rings is 1. The van der Waals surface area contributed by atoms with Crippen LogP contribution in [-0.2, 0) is 0 Å². The standard InChI is InChI=1S/C14H11ClN4O/c1-20-12-5-4-9(7-11(12)15)19-14-10-3-2-6-16-13(10)17-8-18-14/h2-8H,1H3,(H,16,17,18,19). The molecule has 3 aromatic rings. The van der Waals surface area contributed by atoms with E-state index >= 15 is 0 Å². The molecular weight excluding hydrogens is 276 g/mol. The lowest BCUT2D eigenvalue weighted by Crippen LogP contribution is -1.97. The van der Waals surface area contributed by atoms with Crippen LogP contribution in [-0.4, -0.2) is 22.1 Å². The molecule has 0 saturated carbocycles. The minimum atomic E-state index is 0.536. The topological polar surface area (TPSA) is 59.9 Å². The zero-order valence-corrected chi connectivity index (χ0v) is 11.4. The quantitative estimate of drug-likeness (QED) is 0.799. The van der Waals surface area contributed by atoms with Crippen LogP contribution in [0.2, 0.25) is 5.02 Å². The van der Waals surface area contributed by atoms with Crippen LogP contribution in [0.25, 0.3) is 11.0 Å². The summed E-state index contributed by atoms with van der Waals surface area (Å²) in [5.41, 5.74) is 1.46. The van der Waals surface area contributed by atoms with E-state index in [0.29, 0.717) is 22.2 Å². The molecule has 0 aliphatic rings. The SMILES string of the molecule is COc1ccc(Nc2ncnc3ncccc23)cc1Cl. The van der Waals surface area contributed by atoms with E-state index in [1.807, 2.05) is 18.2 Å². The molecule has 3 rings (SSSR count). The Morgan fingerprint density at radius 1 is 1.15 bits per heavy atom. The number of hydrogen-bond acceptors (Lipinski definition) is 5. The van der Waals surface area contributed by atoms with Crippen molar-refractivity contribution in [3.8, 4) is 5.75 Å². The molecule has 6 heteroatoms. The first-order valence-electron chi connectivity index (χ1n) is 5.94. The molecule has 20 heavy (non-hydrogen) atoms. The number of ether oxygens (including phenoxy) is 1. The number of hydrogen-bond donors (Lipinski definition) is 1. The van der Waals surface area contributed by atoms with E-state index in [1.54, 1.807) is 25.4 Å². The number of halogens is 1. The molecule has 1 N–H and O–H groups in total. The first-order chi connectivity index (χ1) is 9.78. The number of rotatable bonds is 3. The molecule has 0 saturated heterocycles. The molecule has 0 fully saturated rings. The third-order valence-corrected chi connectivity index (χ3v) is 3.12. The number of fused-ring (bicyclic) bond motifs is 1. The Hall–Kier alpha value is -2.40. The molecule has 0 unspecified atom stereocenters. The molecular formula is C14H11ClN4O. The van der Waals surface area contributed by atoms with Crippen molar-refractivity contribution in [2.45, 2.75) is 0 Å². The highest BCUT2D eigenvalue weighted by atomic mass is 35.5. The van der Waals surface area contributed by atoms with Gasteiger partial charge >= 0.3 is 0 Å². The summed E-state index contributed by atoms with van der Waals surface area (Å²) >= 11 is 6.10. The summed E-state index contributed by atoms with van der Waals surface area (Å²) in [7, 11) is 1.58. The van der Waals surface area contributed by atoms with Crippen molar-refractivity contribution in [3.05, 3.63) is 47.9 Å². The van der Waals surface area contributed by atoms with Gasteiger partial charge < -0.3 is 10.1 Å². The van der Waals surface area contributed by atoms with Crippen LogP contribution in [0.4, 0.5) is 11.5 Å². The van der Waals surface area contributed by atoms with E-state index in [-0.39, 0.29) is 0 Å². The molecule has 2 aromatic heterocycles. The monoisotopic (exact) mass is 286 g/mol. The van der Waals surface area contributed by atoms with E-state index < -0.39 is 0 Å². The van der Waals surface area contributed by atoms with Crippen LogP contribution in [0.3, 0.4) is 0 Å². The van der Waals surface area contributed by atoms with Crippen molar-refractivity contribution >= 4 is 34.1 Å². The number of benzene rings is 1. The lowest BCUT2D eigenvalue weighted by molar-refractivity contribution is 0.415. The summed E-state index contributed by atoms with van der Waals surface area (Å²) < 4.78 is 5.13. The molecule has 2 heterocycles. The van der Waals surface area contributed by atoms with E-state index in [9.17, 15) is 0 Å². The van der Waals surface area contributed by atoms with Crippen molar-refractivity contribution in [2.75, 3.05) is 12.4 Å². The zero-order valence-electron chi connectivity index (χ0n) is 10.7. The molecule has 0 amide bonds. The Kier molecular flexibility index (Phi) is 3.35. The highest BCUT2D eigenvalue weighted by Gasteiger charge is 2.06. The van der Waals surface area contributed by atoms with Crippen molar-refractivity contribution in [1.29, 1.82) is 0 Å². The summed E-state index contributed by atoms with van der Waals surface area (Å²) in [4.78, 5) is 12.5. The van der Waals surface area contributed by atoms with Gasteiger partial charge in [0.1, 0.15) is 17.9 Å². The van der Waals surface area contributed by atoms with Gasteiger partial charge in [0.25, 0.3) is 0 Å². The van der Waals surface area contributed by atoms with Crippen LogP contribution >= 0.6 is 11.6 Å². The molecule has 0 bridgehead atoms. The maximum absolute atomic E-state index is 6.10. The van der Waals surface area contributed by atoms with E-state index in [2.05, 4.69) is 20.3 Å². The smallest absolute Gasteiger partial charge is 0.164 e. The van der Waals surface area contributed by atoms with Crippen molar-refractivity contribution < 1.29 is 4.74 Å². The van der Waals surface area contributed by atoms with Gasteiger partial charge in [-0.2, -0.15) is 0 Å². The lowest BCUT2D eigenvalue weighted by Gasteiger charge is -2.09. The van der Waals surface area contributed by atoms with E-state index in [0.717, 1.165) is 11.1 Å². The average Bonchev–Trinajstić information content (AvgIpc) is 2.48. The molecule has 0 atom stereocenters. The number of methoxy groups -OCH3 is 1. The van der Waals surface area contributed by atoms with Gasteiger partial charge in [-0.3, -0.25) is 0 Å². The highest BCUT2D eigenvalue weighted by molar-refractivity contribution is 6.32. The van der Waals surface area contributed by atoms with Gasteiger partial charge in [0.15, 0.2) is 5.65 Å². The summed E-state index contributed by atoms with van der Waals surface area (Å²) in [5, 5.41) is 4.59. The Labute approximate surface area is 120 Å². The molecule has 0 aliphatic carbocycles. The second-order valence-corrected chi connectivity index (χ2v) is 4.48. The molecule has 0 spiro atoms. The molecule has 0 aliphatic heterocycles. The van der Waals surface area contributed by atoms with Crippen LogP contribution in [0, 0.1) is 0 Å². The van der Waals surface area contributed by atoms with Crippen molar-refractivity contribution in [2.24, 2.45) is 0 Å². The lowest BCUT2D eigenvalue weighted by atomic mass is 10.2. The fourth-order valence-corrected chi connectivity index (χ4v) is 2.13. The third kappa shape index (κ3) is 2.35. The van der Waals surface area contributed by atoms with Gasteiger partial charge in [0, 0.05) is 11.9 Å². The largest absolute Gasteiger partial charge is 0.495 e. The first kappa shape index (κ1) is 12.6. The van der Waals surface area contributed by atoms with Gasteiger partial charge in [-0.05, 0) is 30.3 Å². The minimum absolute atomic E-state index is 0.536. The minimum Gasteiger partial charge on any atom is -0.495 e. The molecule has 0 radical (unpaired) electrons. The van der Waals surface area contributed by atoms with Gasteiger partial charge in [0.2, 0.25) is 0 Å². The van der Waals surface area contributed by atoms with Crippen molar-refractivity contribution in [3.63, 3.8) is 0 Å². The Bertz CT molecular complexity index is 758. The third-order valence-electron chi connectivity index (χ3n) is 2.82. The Morgan fingerprint density at radius 2 is 2.05 bits per heavy atom. The average molecular weight is 287 g/mol. The summed E-state index contributed by atoms with van der Waals surface area (Å²) in [6, 6.07) is 9.21. The number of nitrogens with zero attached hydrogens (tertiary/aromatic N) is 3. The fraction of sp³-hybridized carbons (Fsp3) is 0.0714. The van der Waals surface area contributed by atoms with Gasteiger partial charge in [0.05, 0.1) is 17.5 Å². The first-order valence-corrected chi connectivity index (χ1v) is 6.32. The normalized spacial score (nSPS) is 10.5. The maximum atomic E-state index is 6.10. The predicted octanol–water partition coefficient (Wildman–Crippen LogP) is 3.43. The van der Waals surface area contributed by atoms with Gasteiger partial charge in [-0.1, -0.05) is 11.6 Å².